The zero-order chi connectivity index (χ0) is 12.2. The van der Waals surface area contributed by atoms with Gasteiger partial charge >= 0.3 is 0 Å². The molecule has 0 saturated heterocycles. The highest BCUT2D eigenvalue weighted by atomic mass is 79.9. The van der Waals surface area contributed by atoms with Crippen LogP contribution < -0.4 is 4.72 Å². The molecular weight excluding hydrogens is 378 g/mol. The lowest BCUT2D eigenvalue weighted by atomic mass is 10.4. The Bertz CT molecular complexity index is 463. The second kappa shape index (κ2) is 6.39. The molecule has 0 radical (unpaired) electrons. The quantitative estimate of drug-likeness (QED) is 0.789. The highest BCUT2D eigenvalue weighted by Crippen LogP contribution is 2.25. The Balaban J connectivity index is 2.90. The number of thioether (sulfide) groups is 1. The van der Waals surface area contributed by atoms with Crippen molar-refractivity contribution in [3.05, 3.63) is 27.1 Å². The smallest absolute Gasteiger partial charge is 0.210 e. The third kappa shape index (κ3) is 4.03. The minimum atomic E-state index is -3.41. The van der Waals surface area contributed by atoms with Gasteiger partial charge in [-0.1, -0.05) is 15.9 Å². The molecule has 0 saturated carbocycles. The maximum atomic E-state index is 11.9. The molecule has 1 N–H and O–H groups in total. The van der Waals surface area contributed by atoms with E-state index >= 15 is 0 Å². The molecule has 0 atom stereocenters. The van der Waals surface area contributed by atoms with Crippen molar-refractivity contribution in [3.8, 4) is 0 Å². The first-order valence-electron chi connectivity index (χ1n) is 4.41. The molecule has 1 aromatic rings. The molecule has 16 heavy (non-hydrogen) atoms. The van der Waals surface area contributed by atoms with Gasteiger partial charge in [-0.05, 0) is 40.4 Å². The van der Waals surface area contributed by atoms with Crippen LogP contribution >= 0.6 is 43.6 Å². The summed E-state index contributed by atoms with van der Waals surface area (Å²) in [7, 11) is -3.41. The maximum absolute atomic E-state index is 11.9. The summed E-state index contributed by atoms with van der Waals surface area (Å²) in [6, 6.07) is 4.98. The average molecular weight is 389 g/mol. The second-order valence-electron chi connectivity index (χ2n) is 2.97. The van der Waals surface area contributed by atoms with E-state index in [1.54, 1.807) is 30.0 Å². The third-order valence-electron chi connectivity index (χ3n) is 1.78. The van der Waals surface area contributed by atoms with Crippen LogP contribution in [0.2, 0.25) is 0 Å². The van der Waals surface area contributed by atoms with Crippen LogP contribution in [0.1, 0.15) is 0 Å². The van der Waals surface area contributed by atoms with E-state index in [4.69, 9.17) is 0 Å². The van der Waals surface area contributed by atoms with E-state index in [1.807, 2.05) is 6.26 Å². The van der Waals surface area contributed by atoms with Crippen molar-refractivity contribution in [3.63, 3.8) is 0 Å². The molecule has 0 aliphatic rings. The Morgan fingerprint density at radius 1 is 1.38 bits per heavy atom. The lowest BCUT2D eigenvalue weighted by Crippen LogP contribution is -2.26. The molecule has 0 aromatic heterocycles. The van der Waals surface area contributed by atoms with E-state index in [2.05, 4.69) is 36.6 Å². The van der Waals surface area contributed by atoms with Crippen molar-refractivity contribution in [2.45, 2.75) is 4.90 Å². The zero-order valence-electron chi connectivity index (χ0n) is 8.54. The van der Waals surface area contributed by atoms with E-state index in [0.29, 0.717) is 11.0 Å². The maximum Gasteiger partial charge on any atom is 0.241 e. The first kappa shape index (κ1) is 14.5. The zero-order valence-corrected chi connectivity index (χ0v) is 13.3. The van der Waals surface area contributed by atoms with E-state index in [0.717, 1.165) is 10.2 Å². The number of hydrogen-bond acceptors (Lipinski definition) is 3. The van der Waals surface area contributed by atoms with Gasteiger partial charge in [0.1, 0.15) is 0 Å². The van der Waals surface area contributed by atoms with Gasteiger partial charge in [-0.25, -0.2) is 13.1 Å². The first-order valence-corrected chi connectivity index (χ1v) is 8.87. The summed E-state index contributed by atoms with van der Waals surface area (Å²) in [5, 5.41) is 0. The monoisotopic (exact) mass is 387 g/mol. The van der Waals surface area contributed by atoms with Crippen LogP contribution in [0.4, 0.5) is 0 Å². The Morgan fingerprint density at radius 2 is 2.06 bits per heavy atom. The van der Waals surface area contributed by atoms with Crippen LogP contribution in [0.3, 0.4) is 0 Å². The second-order valence-corrected chi connectivity index (χ2v) is 7.46. The molecule has 0 heterocycles. The molecule has 0 spiro atoms. The Morgan fingerprint density at radius 3 is 2.62 bits per heavy atom. The fourth-order valence-electron chi connectivity index (χ4n) is 1.05. The molecule has 1 aromatic carbocycles. The largest absolute Gasteiger partial charge is 0.241 e. The van der Waals surface area contributed by atoms with Crippen molar-refractivity contribution in [2.24, 2.45) is 0 Å². The predicted octanol–water partition coefficient (Wildman–Crippen LogP) is 2.85. The SMILES string of the molecule is CSCCNS(=O)(=O)c1ccc(Br)cc1Br. The van der Waals surface area contributed by atoms with Crippen LogP contribution in [0.5, 0.6) is 0 Å². The molecule has 0 fully saturated rings. The summed E-state index contributed by atoms with van der Waals surface area (Å²) >= 11 is 8.11. The summed E-state index contributed by atoms with van der Waals surface area (Å²) in [6.45, 7) is 0.437. The van der Waals surface area contributed by atoms with Crippen molar-refractivity contribution in [1.29, 1.82) is 0 Å². The summed E-state index contributed by atoms with van der Waals surface area (Å²) in [6.07, 6.45) is 1.93. The van der Waals surface area contributed by atoms with Crippen molar-refractivity contribution < 1.29 is 8.42 Å². The van der Waals surface area contributed by atoms with Crippen LogP contribution in [0.25, 0.3) is 0 Å². The minimum Gasteiger partial charge on any atom is -0.210 e. The lowest BCUT2D eigenvalue weighted by molar-refractivity contribution is 0.583. The molecular formula is C9H11Br2NO2S2. The Hall–Kier alpha value is 0.440. The fraction of sp³-hybridized carbons (Fsp3) is 0.333. The average Bonchev–Trinajstić information content (AvgIpc) is 2.17. The highest BCUT2D eigenvalue weighted by Gasteiger charge is 2.16. The number of rotatable bonds is 5. The predicted molar refractivity (Wildman–Crippen MR) is 75.4 cm³/mol. The van der Waals surface area contributed by atoms with Crippen LogP contribution in [0.15, 0.2) is 32.0 Å². The van der Waals surface area contributed by atoms with Gasteiger partial charge in [0.25, 0.3) is 0 Å². The topological polar surface area (TPSA) is 46.2 Å². The molecule has 0 aliphatic heterocycles. The highest BCUT2D eigenvalue weighted by molar-refractivity contribution is 9.11. The van der Waals surface area contributed by atoms with Crippen molar-refractivity contribution in [1.82, 2.24) is 4.72 Å². The minimum absolute atomic E-state index is 0.261. The van der Waals surface area contributed by atoms with Crippen LogP contribution in [-0.4, -0.2) is 27.0 Å². The van der Waals surface area contributed by atoms with Crippen LogP contribution in [-0.2, 0) is 10.0 Å². The van der Waals surface area contributed by atoms with Gasteiger partial charge in [0, 0.05) is 21.2 Å². The van der Waals surface area contributed by atoms with Crippen molar-refractivity contribution >= 4 is 53.6 Å². The molecule has 1 rings (SSSR count). The van der Waals surface area contributed by atoms with Gasteiger partial charge < -0.3 is 0 Å². The number of nitrogens with one attached hydrogen (secondary N) is 1. The molecule has 7 heteroatoms. The number of sulfonamides is 1. The van der Waals surface area contributed by atoms with Gasteiger partial charge in [0.2, 0.25) is 10.0 Å². The van der Waals surface area contributed by atoms with Gasteiger partial charge in [-0.2, -0.15) is 11.8 Å². The molecule has 0 aliphatic carbocycles. The number of benzene rings is 1. The molecule has 3 nitrogen and oxygen atoms in total. The molecule has 0 amide bonds. The third-order valence-corrected chi connectivity index (χ3v) is 5.33. The standard InChI is InChI=1S/C9H11Br2NO2S2/c1-15-5-4-12-16(13,14)9-3-2-7(10)6-8(9)11/h2-3,6,12H,4-5H2,1H3. The summed E-state index contributed by atoms with van der Waals surface area (Å²) in [5.41, 5.74) is 0. The summed E-state index contributed by atoms with van der Waals surface area (Å²) in [4.78, 5) is 0.261. The van der Waals surface area contributed by atoms with E-state index in [-0.39, 0.29) is 4.90 Å². The number of hydrogen-bond donors (Lipinski definition) is 1. The van der Waals surface area contributed by atoms with Gasteiger partial charge in [-0.15, -0.1) is 0 Å². The first-order chi connectivity index (χ1) is 7.47. The van der Waals surface area contributed by atoms with E-state index in [1.165, 1.54) is 0 Å². The Labute approximate surface area is 117 Å². The molecule has 0 bridgehead atoms. The fourth-order valence-corrected chi connectivity index (χ4v) is 4.26. The molecule has 90 valence electrons. The molecule has 0 unspecified atom stereocenters. The van der Waals surface area contributed by atoms with E-state index in [9.17, 15) is 8.42 Å². The van der Waals surface area contributed by atoms with Gasteiger partial charge in [0.05, 0.1) is 4.90 Å². The number of halogens is 2. The Kier molecular flexibility index (Phi) is 5.79. The van der Waals surface area contributed by atoms with Gasteiger partial charge in [-0.3, -0.25) is 0 Å². The van der Waals surface area contributed by atoms with Crippen LogP contribution in [0, 0.1) is 0 Å². The summed E-state index contributed by atoms with van der Waals surface area (Å²) < 4.78 is 27.7. The summed E-state index contributed by atoms with van der Waals surface area (Å²) in [5.74, 6) is 0.757. The van der Waals surface area contributed by atoms with Crippen molar-refractivity contribution in [2.75, 3.05) is 18.6 Å². The normalized spacial score (nSPS) is 11.7. The van der Waals surface area contributed by atoms with Gasteiger partial charge in [0.15, 0.2) is 0 Å². The lowest BCUT2D eigenvalue weighted by Gasteiger charge is -2.08. The van der Waals surface area contributed by atoms with E-state index < -0.39 is 10.0 Å².